The highest BCUT2D eigenvalue weighted by Crippen LogP contribution is 2.11. The lowest BCUT2D eigenvalue weighted by atomic mass is 10.3. The third-order valence-electron chi connectivity index (χ3n) is 2.25. The molecule has 17 heavy (non-hydrogen) atoms. The van der Waals surface area contributed by atoms with Crippen molar-refractivity contribution < 1.29 is 14.3 Å². The average Bonchev–Trinajstić information content (AvgIpc) is 2.73. The number of nitrogens with zero attached hydrogens (tertiary/aromatic N) is 1. The van der Waals surface area contributed by atoms with Crippen LogP contribution in [-0.4, -0.2) is 16.1 Å². The minimum Gasteiger partial charge on any atom is -0.477 e. The number of carbonyl (C=O) groups is 1. The summed E-state index contributed by atoms with van der Waals surface area (Å²) in [5.74, 6) is 0.657. The van der Waals surface area contributed by atoms with Gasteiger partial charge in [-0.3, -0.25) is 0 Å². The van der Waals surface area contributed by atoms with Gasteiger partial charge in [-0.15, -0.1) is 0 Å². The summed E-state index contributed by atoms with van der Waals surface area (Å²) in [7, 11) is 0. The van der Waals surface area contributed by atoms with E-state index in [0.717, 1.165) is 17.2 Å². The van der Waals surface area contributed by atoms with Gasteiger partial charge in [-0.25, -0.2) is 9.78 Å². The first-order valence-corrected chi connectivity index (χ1v) is 5.13. The van der Waals surface area contributed by atoms with E-state index >= 15 is 0 Å². The first-order valence-electron chi connectivity index (χ1n) is 5.13. The van der Waals surface area contributed by atoms with Crippen LogP contribution in [0.1, 0.15) is 22.0 Å². The van der Waals surface area contributed by atoms with Gasteiger partial charge in [0.25, 0.3) is 0 Å². The van der Waals surface area contributed by atoms with E-state index in [0.29, 0.717) is 6.54 Å². The Hall–Kier alpha value is -2.30. The smallest absolute Gasteiger partial charge is 0.354 e. The third-order valence-corrected chi connectivity index (χ3v) is 2.25. The summed E-state index contributed by atoms with van der Waals surface area (Å²) in [6.45, 7) is 2.43. The van der Waals surface area contributed by atoms with Crippen LogP contribution in [-0.2, 0) is 6.54 Å². The number of carboxylic acids is 1. The van der Waals surface area contributed by atoms with Gasteiger partial charge in [-0.1, -0.05) is 0 Å². The maximum atomic E-state index is 10.6. The molecule has 0 atom stereocenters. The molecule has 0 saturated heterocycles. The number of hydrogen-bond donors (Lipinski definition) is 2. The molecule has 2 rings (SSSR count). The van der Waals surface area contributed by atoms with Crippen LogP contribution in [0.15, 0.2) is 34.9 Å². The van der Waals surface area contributed by atoms with Crippen LogP contribution in [0.3, 0.4) is 0 Å². The Morgan fingerprint density at radius 1 is 1.41 bits per heavy atom. The molecule has 2 aromatic heterocycles. The summed E-state index contributed by atoms with van der Waals surface area (Å²) in [4.78, 5) is 14.4. The molecule has 5 heteroatoms. The topological polar surface area (TPSA) is 75.4 Å². The predicted octanol–water partition coefficient (Wildman–Crippen LogP) is 2.29. The normalized spacial score (nSPS) is 10.2. The van der Waals surface area contributed by atoms with E-state index in [1.165, 1.54) is 12.3 Å². The van der Waals surface area contributed by atoms with E-state index in [1.54, 1.807) is 6.07 Å². The second kappa shape index (κ2) is 4.69. The molecule has 5 nitrogen and oxygen atoms in total. The Morgan fingerprint density at radius 3 is 2.76 bits per heavy atom. The van der Waals surface area contributed by atoms with Gasteiger partial charge in [0.05, 0.1) is 18.4 Å². The van der Waals surface area contributed by atoms with Crippen molar-refractivity contribution in [3.8, 4) is 0 Å². The summed E-state index contributed by atoms with van der Waals surface area (Å²) in [6.07, 6.45) is 1.49. The molecule has 2 heterocycles. The largest absolute Gasteiger partial charge is 0.477 e. The summed E-state index contributed by atoms with van der Waals surface area (Å²) in [5.41, 5.74) is 0.786. The molecule has 88 valence electrons. The Morgan fingerprint density at radius 2 is 2.24 bits per heavy atom. The number of anilines is 1. The van der Waals surface area contributed by atoms with Crippen molar-refractivity contribution in [1.82, 2.24) is 4.98 Å². The highest BCUT2D eigenvalue weighted by atomic mass is 16.4. The first kappa shape index (κ1) is 11.2. The lowest BCUT2D eigenvalue weighted by Gasteiger charge is -2.03. The molecule has 0 saturated carbocycles. The van der Waals surface area contributed by atoms with Gasteiger partial charge in [0.15, 0.2) is 0 Å². The molecule has 0 amide bonds. The number of furan rings is 1. The van der Waals surface area contributed by atoms with Crippen LogP contribution in [0, 0.1) is 6.92 Å². The SMILES string of the molecule is Cc1ccc(CNc2ccc(C(=O)O)nc2)o1. The molecule has 0 aliphatic heterocycles. The maximum absolute atomic E-state index is 10.6. The number of aromatic nitrogens is 1. The highest BCUT2D eigenvalue weighted by Gasteiger charge is 2.03. The van der Waals surface area contributed by atoms with E-state index in [9.17, 15) is 4.79 Å². The van der Waals surface area contributed by atoms with Gasteiger partial charge >= 0.3 is 5.97 Å². The number of nitrogens with one attached hydrogen (secondary N) is 1. The second-order valence-corrected chi connectivity index (χ2v) is 3.60. The molecule has 0 radical (unpaired) electrons. The molecular formula is C12H12N2O3. The summed E-state index contributed by atoms with van der Waals surface area (Å²) in [5, 5.41) is 11.8. The molecule has 0 fully saturated rings. The quantitative estimate of drug-likeness (QED) is 0.845. The van der Waals surface area contributed by atoms with E-state index in [1.807, 2.05) is 19.1 Å². The number of aromatic carboxylic acids is 1. The molecule has 0 bridgehead atoms. The van der Waals surface area contributed by atoms with E-state index < -0.39 is 5.97 Å². The zero-order chi connectivity index (χ0) is 12.3. The zero-order valence-electron chi connectivity index (χ0n) is 9.30. The zero-order valence-corrected chi connectivity index (χ0v) is 9.30. The highest BCUT2D eigenvalue weighted by molar-refractivity contribution is 5.85. The van der Waals surface area contributed by atoms with Crippen LogP contribution in [0.2, 0.25) is 0 Å². The van der Waals surface area contributed by atoms with Crippen LogP contribution in [0.5, 0.6) is 0 Å². The third kappa shape index (κ3) is 2.84. The van der Waals surface area contributed by atoms with Crippen LogP contribution in [0.4, 0.5) is 5.69 Å². The van der Waals surface area contributed by atoms with E-state index in [-0.39, 0.29) is 5.69 Å². The molecule has 0 unspecified atom stereocenters. The number of hydrogen-bond acceptors (Lipinski definition) is 4. The molecule has 0 spiro atoms. The van der Waals surface area contributed by atoms with Crippen molar-refractivity contribution in [1.29, 1.82) is 0 Å². The predicted molar refractivity (Wildman–Crippen MR) is 62.0 cm³/mol. The summed E-state index contributed by atoms with van der Waals surface area (Å²) in [6, 6.07) is 6.91. The number of aryl methyl sites for hydroxylation is 1. The van der Waals surface area contributed by atoms with Crippen LogP contribution >= 0.6 is 0 Å². The molecule has 0 aromatic carbocycles. The van der Waals surface area contributed by atoms with Gasteiger partial charge in [0.1, 0.15) is 17.2 Å². The Kier molecular flexibility index (Phi) is 3.09. The summed E-state index contributed by atoms with van der Waals surface area (Å²) >= 11 is 0. The van der Waals surface area contributed by atoms with Crippen molar-refractivity contribution in [2.45, 2.75) is 13.5 Å². The lowest BCUT2D eigenvalue weighted by molar-refractivity contribution is 0.0690. The fourth-order valence-electron chi connectivity index (χ4n) is 1.39. The van der Waals surface area contributed by atoms with Crippen molar-refractivity contribution in [2.75, 3.05) is 5.32 Å². The fraction of sp³-hybridized carbons (Fsp3) is 0.167. The number of pyridine rings is 1. The van der Waals surface area contributed by atoms with Crippen molar-refractivity contribution in [2.24, 2.45) is 0 Å². The molecule has 2 N–H and O–H groups in total. The van der Waals surface area contributed by atoms with Crippen molar-refractivity contribution in [3.63, 3.8) is 0 Å². The minimum atomic E-state index is -1.03. The first-order chi connectivity index (χ1) is 8.15. The van der Waals surface area contributed by atoms with Gasteiger partial charge in [0.2, 0.25) is 0 Å². The average molecular weight is 232 g/mol. The van der Waals surface area contributed by atoms with Crippen molar-refractivity contribution >= 4 is 11.7 Å². The van der Waals surface area contributed by atoms with Crippen LogP contribution < -0.4 is 5.32 Å². The van der Waals surface area contributed by atoms with Gasteiger partial charge in [-0.05, 0) is 31.2 Å². The van der Waals surface area contributed by atoms with Crippen LogP contribution in [0.25, 0.3) is 0 Å². The number of rotatable bonds is 4. The Balaban J connectivity index is 1.97. The Bertz CT molecular complexity index is 517. The molecule has 0 aliphatic rings. The lowest BCUT2D eigenvalue weighted by Crippen LogP contribution is -2.02. The van der Waals surface area contributed by atoms with E-state index in [4.69, 9.17) is 9.52 Å². The van der Waals surface area contributed by atoms with Crippen molar-refractivity contribution in [3.05, 3.63) is 47.7 Å². The monoisotopic (exact) mass is 232 g/mol. The Labute approximate surface area is 98.1 Å². The molecule has 0 aliphatic carbocycles. The summed E-state index contributed by atoms with van der Waals surface area (Å²) < 4.78 is 5.39. The number of carboxylic acid groups (broad SMARTS) is 1. The fourth-order valence-corrected chi connectivity index (χ4v) is 1.39. The molecule has 2 aromatic rings. The van der Waals surface area contributed by atoms with Gasteiger partial charge < -0.3 is 14.8 Å². The minimum absolute atomic E-state index is 0.0318. The van der Waals surface area contributed by atoms with Gasteiger partial charge in [0, 0.05) is 0 Å². The molecular weight excluding hydrogens is 220 g/mol. The second-order valence-electron chi connectivity index (χ2n) is 3.60. The maximum Gasteiger partial charge on any atom is 0.354 e. The standard InChI is InChI=1S/C12H12N2O3/c1-8-2-4-10(17-8)7-13-9-3-5-11(12(15)16)14-6-9/h2-6,13H,7H2,1H3,(H,15,16). The van der Waals surface area contributed by atoms with Gasteiger partial charge in [-0.2, -0.15) is 0 Å². The van der Waals surface area contributed by atoms with E-state index in [2.05, 4.69) is 10.3 Å².